The van der Waals surface area contributed by atoms with Crippen molar-refractivity contribution in [3.8, 4) is 0 Å². The number of hydrogen-bond acceptors (Lipinski definition) is 4. The lowest BCUT2D eigenvalue weighted by Gasteiger charge is -2.24. The zero-order valence-corrected chi connectivity index (χ0v) is 12.1. The molecule has 0 radical (unpaired) electrons. The Labute approximate surface area is 117 Å². The van der Waals surface area contributed by atoms with Crippen molar-refractivity contribution in [2.45, 2.75) is 52.0 Å². The van der Waals surface area contributed by atoms with E-state index in [1.165, 1.54) is 0 Å². The highest BCUT2D eigenvalue weighted by atomic mass is 16.2. The molecule has 0 aliphatic heterocycles. The highest BCUT2D eigenvalue weighted by molar-refractivity contribution is 5.91. The molecular weight excluding hydrogens is 254 g/mol. The van der Waals surface area contributed by atoms with Crippen molar-refractivity contribution in [2.24, 2.45) is 0 Å². The van der Waals surface area contributed by atoms with Gasteiger partial charge in [-0.1, -0.05) is 12.8 Å². The number of rotatable bonds is 2. The molecule has 20 heavy (non-hydrogen) atoms. The molecule has 0 bridgehead atoms. The molecule has 0 spiro atoms. The first-order chi connectivity index (χ1) is 9.47. The van der Waals surface area contributed by atoms with E-state index in [1.54, 1.807) is 4.52 Å². The van der Waals surface area contributed by atoms with E-state index >= 15 is 0 Å². The summed E-state index contributed by atoms with van der Waals surface area (Å²) in [6, 6.07) is 1.92. The maximum absolute atomic E-state index is 12.3. The average Bonchev–Trinajstić information content (AvgIpc) is 2.95. The van der Waals surface area contributed by atoms with Crippen molar-refractivity contribution < 1.29 is 4.79 Å². The van der Waals surface area contributed by atoms with Crippen molar-refractivity contribution in [2.75, 3.05) is 0 Å². The quantitative estimate of drug-likeness (QED) is 0.905. The molecular formula is C14H19N5O. The molecule has 1 amide bonds. The lowest BCUT2D eigenvalue weighted by atomic mass is 10.0. The lowest BCUT2D eigenvalue weighted by Crippen LogP contribution is -2.44. The third-order valence-electron chi connectivity index (χ3n) is 3.94. The largest absolute Gasteiger partial charge is 0.344 e. The van der Waals surface area contributed by atoms with E-state index in [0.29, 0.717) is 5.78 Å². The fourth-order valence-corrected chi connectivity index (χ4v) is 2.87. The van der Waals surface area contributed by atoms with E-state index in [-0.39, 0.29) is 17.3 Å². The molecule has 0 saturated heterocycles. The summed E-state index contributed by atoms with van der Waals surface area (Å²) in [6.07, 6.45) is 4.36. The Hall–Kier alpha value is -1.98. The molecule has 2 aromatic rings. The Morgan fingerprint density at radius 1 is 1.30 bits per heavy atom. The van der Waals surface area contributed by atoms with Gasteiger partial charge >= 0.3 is 0 Å². The van der Waals surface area contributed by atoms with Crippen LogP contribution < -0.4 is 5.32 Å². The van der Waals surface area contributed by atoms with Gasteiger partial charge in [-0.15, -0.1) is 5.10 Å². The van der Waals surface area contributed by atoms with Crippen LogP contribution in [0.3, 0.4) is 0 Å². The average molecular weight is 273 g/mol. The third-order valence-corrected chi connectivity index (χ3v) is 3.94. The van der Waals surface area contributed by atoms with Crippen molar-refractivity contribution in [1.82, 2.24) is 24.9 Å². The monoisotopic (exact) mass is 273 g/mol. The summed E-state index contributed by atoms with van der Waals surface area (Å²) in [7, 11) is 0. The van der Waals surface area contributed by atoms with Crippen LogP contribution in [0.4, 0.5) is 0 Å². The number of aromatic nitrogens is 4. The first kappa shape index (κ1) is 13.0. The SMILES string of the molecule is Cc1cc(C)n2nc(C(=O)NC3(C)CCCC3)nc2n1. The van der Waals surface area contributed by atoms with Crippen molar-refractivity contribution >= 4 is 11.7 Å². The molecule has 0 atom stereocenters. The van der Waals surface area contributed by atoms with Crippen LogP contribution in [-0.2, 0) is 0 Å². The summed E-state index contributed by atoms with van der Waals surface area (Å²) in [4.78, 5) is 20.8. The normalized spacial score (nSPS) is 17.6. The number of nitrogens with zero attached hydrogens (tertiary/aromatic N) is 4. The minimum Gasteiger partial charge on any atom is -0.344 e. The summed E-state index contributed by atoms with van der Waals surface area (Å²) in [5.74, 6) is 0.459. The summed E-state index contributed by atoms with van der Waals surface area (Å²) in [5, 5.41) is 7.32. The molecule has 3 rings (SSSR count). The predicted molar refractivity (Wildman–Crippen MR) is 74.6 cm³/mol. The summed E-state index contributed by atoms with van der Waals surface area (Å²) in [6.45, 7) is 5.92. The second-order valence-corrected chi connectivity index (χ2v) is 5.91. The molecule has 0 unspecified atom stereocenters. The van der Waals surface area contributed by atoms with Gasteiger partial charge in [-0.25, -0.2) is 9.50 Å². The summed E-state index contributed by atoms with van der Waals surface area (Å²) in [5.41, 5.74) is 1.68. The number of aryl methyl sites for hydroxylation is 2. The van der Waals surface area contributed by atoms with Gasteiger partial charge in [-0.05, 0) is 39.7 Å². The second-order valence-electron chi connectivity index (χ2n) is 5.91. The van der Waals surface area contributed by atoms with Gasteiger partial charge in [0.05, 0.1) is 0 Å². The third kappa shape index (κ3) is 2.26. The van der Waals surface area contributed by atoms with Gasteiger partial charge in [0.15, 0.2) is 0 Å². The van der Waals surface area contributed by atoms with E-state index in [2.05, 4.69) is 27.3 Å². The van der Waals surface area contributed by atoms with Crippen molar-refractivity contribution in [3.63, 3.8) is 0 Å². The smallest absolute Gasteiger partial charge is 0.291 e. The number of hydrogen-bond donors (Lipinski definition) is 1. The first-order valence-electron chi connectivity index (χ1n) is 7.00. The molecule has 1 fully saturated rings. The van der Waals surface area contributed by atoms with E-state index in [1.807, 2.05) is 19.9 Å². The Morgan fingerprint density at radius 3 is 2.70 bits per heavy atom. The molecule has 1 saturated carbocycles. The second kappa shape index (κ2) is 4.54. The molecule has 2 aromatic heterocycles. The van der Waals surface area contributed by atoms with Gasteiger partial charge < -0.3 is 5.32 Å². The molecule has 6 nitrogen and oxygen atoms in total. The molecule has 1 aliphatic rings. The Kier molecular flexibility index (Phi) is 2.96. The van der Waals surface area contributed by atoms with E-state index < -0.39 is 0 Å². The fourth-order valence-electron chi connectivity index (χ4n) is 2.87. The lowest BCUT2D eigenvalue weighted by molar-refractivity contribution is 0.0897. The Morgan fingerprint density at radius 2 is 2.00 bits per heavy atom. The van der Waals surface area contributed by atoms with Gasteiger partial charge in [0.2, 0.25) is 5.82 Å². The molecule has 1 N–H and O–H groups in total. The predicted octanol–water partition coefficient (Wildman–Crippen LogP) is 1.80. The van der Waals surface area contributed by atoms with Crippen LogP contribution in [0.25, 0.3) is 5.78 Å². The fraction of sp³-hybridized carbons (Fsp3) is 0.571. The van der Waals surface area contributed by atoms with Gasteiger partial charge in [-0.2, -0.15) is 4.98 Å². The van der Waals surface area contributed by atoms with Crippen LogP contribution in [0.5, 0.6) is 0 Å². The minimum atomic E-state index is -0.211. The van der Waals surface area contributed by atoms with Gasteiger partial charge in [0.1, 0.15) is 0 Å². The number of fused-ring (bicyclic) bond motifs is 1. The topological polar surface area (TPSA) is 72.2 Å². The van der Waals surface area contributed by atoms with Crippen molar-refractivity contribution in [3.05, 3.63) is 23.3 Å². The van der Waals surface area contributed by atoms with Crippen molar-refractivity contribution in [1.29, 1.82) is 0 Å². The van der Waals surface area contributed by atoms with Crippen LogP contribution >= 0.6 is 0 Å². The van der Waals surface area contributed by atoms with Crippen LogP contribution in [0.1, 0.15) is 54.6 Å². The molecule has 2 heterocycles. The minimum absolute atomic E-state index is 0.118. The molecule has 106 valence electrons. The van der Waals surface area contributed by atoms with E-state index in [0.717, 1.165) is 37.1 Å². The Bertz CT molecular complexity index is 669. The highest BCUT2D eigenvalue weighted by Gasteiger charge is 2.31. The van der Waals surface area contributed by atoms with E-state index in [9.17, 15) is 4.79 Å². The maximum atomic E-state index is 12.3. The summed E-state index contributed by atoms with van der Waals surface area (Å²) >= 11 is 0. The van der Waals surface area contributed by atoms with Gasteiger partial charge in [-0.3, -0.25) is 4.79 Å². The van der Waals surface area contributed by atoms with Crippen LogP contribution in [0.2, 0.25) is 0 Å². The van der Waals surface area contributed by atoms with Crippen LogP contribution in [-0.4, -0.2) is 31.0 Å². The van der Waals surface area contributed by atoms with E-state index in [4.69, 9.17) is 0 Å². The number of carbonyl (C=O) groups is 1. The van der Waals surface area contributed by atoms with Crippen LogP contribution in [0, 0.1) is 13.8 Å². The first-order valence-corrected chi connectivity index (χ1v) is 7.00. The maximum Gasteiger partial charge on any atom is 0.291 e. The number of carbonyl (C=O) groups excluding carboxylic acids is 1. The van der Waals surface area contributed by atoms with Gasteiger partial charge in [0, 0.05) is 16.9 Å². The zero-order chi connectivity index (χ0) is 14.3. The van der Waals surface area contributed by atoms with Crippen LogP contribution in [0.15, 0.2) is 6.07 Å². The van der Waals surface area contributed by atoms with Gasteiger partial charge in [0.25, 0.3) is 11.7 Å². The highest BCUT2D eigenvalue weighted by Crippen LogP contribution is 2.29. The number of nitrogens with one attached hydrogen (secondary N) is 1. The standard InChI is InChI=1S/C14H19N5O/c1-9-8-10(2)19-13(15-9)16-11(18-19)12(20)17-14(3)6-4-5-7-14/h8H,4-7H2,1-3H3,(H,17,20). The molecule has 1 aliphatic carbocycles. The molecule has 0 aromatic carbocycles. The summed E-state index contributed by atoms with van der Waals surface area (Å²) < 4.78 is 1.61. The zero-order valence-electron chi connectivity index (χ0n) is 12.1. The number of amides is 1. The molecule has 6 heteroatoms. The Balaban J connectivity index is 1.90.